The Labute approximate surface area is 100 Å². The van der Waals surface area contributed by atoms with Crippen LogP contribution in [0.3, 0.4) is 0 Å². The SMILES string of the molecule is CCC(CNC1CC1)c1cccc(Br)c1. The molecule has 1 aliphatic rings. The molecule has 0 radical (unpaired) electrons. The van der Waals surface area contributed by atoms with Gasteiger partial charge in [0, 0.05) is 17.1 Å². The Balaban J connectivity index is 1.97. The number of nitrogens with one attached hydrogen (secondary N) is 1. The molecule has 1 nitrogen and oxygen atoms in total. The normalized spacial score (nSPS) is 17.7. The van der Waals surface area contributed by atoms with E-state index in [1.165, 1.54) is 29.3 Å². The van der Waals surface area contributed by atoms with E-state index in [4.69, 9.17) is 0 Å². The van der Waals surface area contributed by atoms with Gasteiger partial charge in [0.1, 0.15) is 0 Å². The largest absolute Gasteiger partial charge is 0.313 e. The van der Waals surface area contributed by atoms with Crippen molar-refractivity contribution in [2.24, 2.45) is 0 Å². The van der Waals surface area contributed by atoms with Gasteiger partial charge in [-0.3, -0.25) is 0 Å². The van der Waals surface area contributed by atoms with Crippen molar-refractivity contribution in [2.45, 2.75) is 38.1 Å². The molecular weight excluding hydrogens is 250 g/mol. The summed E-state index contributed by atoms with van der Waals surface area (Å²) in [6.45, 7) is 3.39. The van der Waals surface area contributed by atoms with Gasteiger partial charge in [0.05, 0.1) is 0 Å². The molecule has 0 saturated heterocycles. The van der Waals surface area contributed by atoms with E-state index in [1.807, 2.05) is 0 Å². The molecular formula is C13H18BrN. The van der Waals surface area contributed by atoms with Gasteiger partial charge < -0.3 is 5.32 Å². The number of rotatable bonds is 5. The van der Waals surface area contributed by atoms with Gasteiger partial charge in [0.15, 0.2) is 0 Å². The Morgan fingerprint density at radius 1 is 1.47 bits per heavy atom. The zero-order chi connectivity index (χ0) is 10.7. The standard InChI is InChI=1S/C13H18BrN/c1-2-10(9-15-13-6-7-13)11-4-3-5-12(14)8-11/h3-5,8,10,13,15H,2,6-7,9H2,1H3. The van der Waals surface area contributed by atoms with Crippen LogP contribution >= 0.6 is 15.9 Å². The van der Waals surface area contributed by atoms with E-state index in [2.05, 4.69) is 52.4 Å². The molecule has 1 N–H and O–H groups in total. The average molecular weight is 268 g/mol. The highest BCUT2D eigenvalue weighted by Crippen LogP contribution is 2.24. The third-order valence-electron chi connectivity index (χ3n) is 3.04. The predicted molar refractivity (Wildman–Crippen MR) is 68.2 cm³/mol. The van der Waals surface area contributed by atoms with Crippen molar-refractivity contribution in [1.82, 2.24) is 5.32 Å². The smallest absolute Gasteiger partial charge is 0.0178 e. The van der Waals surface area contributed by atoms with Crippen LogP contribution in [-0.2, 0) is 0 Å². The highest BCUT2D eigenvalue weighted by atomic mass is 79.9. The second kappa shape index (κ2) is 5.13. The summed E-state index contributed by atoms with van der Waals surface area (Å²) in [4.78, 5) is 0. The maximum Gasteiger partial charge on any atom is 0.0178 e. The van der Waals surface area contributed by atoms with Gasteiger partial charge in [-0.15, -0.1) is 0 Å². The van der Waals surface area contributed by atoms with Crippen molar-refractivity contribution in [3.05, 3.63) is 34.3 Å². The summed E-state index contributed by atoms with van der Waals surface area (Å²) in [5.74, 6) is 0.656. The van der Waals surface area contributed by atoms with Crippen LogP contribution in [0.2, 0.25) is 0 Å². The van der Waals surface area contributed by atoms with Crippen LogP contribution in [0.5, 0.6) is 0 Å². The number of hydrogen-bond acceptors (Lipinski definition) is 1. The molecule has 0 bridgehead atoms. The fraction of sp³-hybridized carbons (Fsp3) is 0.538. The third-order valence-corrected chi connectivity index (χ3v) is 3.54. The monoisotopic (exact) mass is 267 g/mol. The lowest BCUT2D eigenvalue weighted by molar-refractivity contribution is 0.567. The summed E-state index contributed by atoms with van der Waals surface area (Å²) in [5.41, 5.74) is 1.44. The van der Waals surface area contributed by atoms with Crippen molar-refractivity contribution in [3.8, 4) is 0 Å². The molecule has 1 aliphatic carbocycles. The third kappa shape index (κ3) is 3.32. The van der Waals surface area contributed by atoms with Gasteiger partial charge >= 0.3 is 0 Å². The van der Waals surface area contributed by atoms with Crippen LogP contribution in [-0.4, -0.2) is 12.6 Å². The van der Waals surface area contributed by atoms with Crippen molar-refractivity contribution < 1.29 is 0 Å². The molecule has 0 heterocycles. The topological polar surface area (TPSA) is 12.0 Å². The zero-order valence-corrected chi connectivity index (χ0v) is 10.8. The minimum absolute atomic E-state index is 0.656. The molecule has 2 heteroatoms. The summed E-state index contributed by atoms with van der Waals surface area (Å²) < 4.78 is 1.19. The maximum absolute atomic E-state index is 3.61. The molecule has 0 spiro atoms. The molecule has 1 fully saturated rings. The first-order valence-electron chi connectivity index (χ1n) is 5.78. The summed E-state index contributed by atoms with van der Waals surface area (Å²) in [7, 11) is 0. The molecule has 1 aromatic rings. The minimum atomic E-state index is 0.656. The lowest BCUT2D eigenvalue weighted by atomic mass is 9.96. The summed E-state index contributed by atoms with van der Waals surface area (Å²) in [6, 6.07) is 9.49. The average Bonchev–Trinajstić information content (AvgIpc) is 3.03. The summed E-state index contributed by atoms with van der Waals surface area (Å²) in [6.07, 6.45) is 3.94. The minimum Gasteiger partial charge on any atom is -0.313 e. The molecule has 1 saturated carbocycles. The van der Waals surface area contributed by atoms with Crippen LogP contribution < -0.4 is 5.32 Å². The first-order valence-corrected chi connectivity index (χ1v) is 6.57. The van der Waals surface area contributed by atoms with Gasteiger partial charge in [-0.25, -0.2) is 0 Å². The lowest BCUT2D eigenvalue weighted by Gasteiger charge is -2.16. The van der Waals surface area contributed by atoms with Crippen molar-refractivity contribution >= 4 is 15.9 Å². The Hall–Kier alpha value is -0.340. The van der Waals surface area contributed by atoms with Gasteiger partial charge in [0.25, 0.3) is 0 Å². The van der Waals surface area contributed by atoms with Crippen LogP contribution in [0.4, 0.5) is 0 Å². The van der Waals surface area contributed by atoms with Crippen LogP contribution in [0, 0.1) is 0 Å². The molecule has 15 heavy (non-hydrogen) atoms. The van der Waals surface area contributed by atoms with E-state index in [1.54, 1.807) is 0 Å². The van der Waals surface area contributed by atoms with E-state index in [-0.39, 0.29) is 0 Å². The number of halogens is 1. The van der Waals surface area contributed by atoms with Gasteiger partial charge in [0.2, 0.25) is 0 Å². The second-order valence-electron chi connectivity index (χ2n) is 4.34. The molecule has 0 amide bonds. The van der Waals surface area contributed by atoms with Gasteiger partial charge in [-0.2, -0.15) is 0 Å². The molecule has 1 aromatic carbocycles. The Morgan fingerprint density at radius 3 is 2.87 bits per heavy atom. The summed E-state index contributed by atoms with van der Waals surface area (Å²) >= 11 is 3.53. The highest BCUT2D eigenvalue weighted by molar-refractivity contribution is 9.10. The molecule has 0 aromatic heterocycles. The van der Waals surface area contributed by atoms with Gasteiger partial charge in [-0.1, -0.05) is 35.0 Å². The Bertz CT molecular complexity index is 320. The highest BCUT2D eigenvalue weighted by Gasteiger charge is 2.21. The second-order valence-corrected chi connectivity index (χ2v) is 5.26. The first-order chi connectivity index (χ1) is 7.29. The molecule has 1 unspecified atom stereocenters. The van der Waals surface area contributed by atoms with Crippen LogP contribution in [0.1, 0.15) is 37.7 Å². The molecule has 2 rings (SSSR count). The van der Waals surface area contributed by atoms with Crippen LogP contribution in [0.25, 0.3) is 0 Å². The van der Waals surface area contributed by atoms with E-state index >= 15 is 0 Å². The van der Waals surface area contributed by atoms with Crippen molar-refractivity contribution in [2.75, 3.05) is 6.54 Å². The maximum atomic E-state index is 3.61. The van der Waals surface area contributed by atoms with Gasteiger partial charge in [-0.05, 0) is 42.9 Å². The quantitative estimate of drug-likeness (QED) is 0.858. The fourth-order valence-corrected chi connectivity index (χ4v) is 2.27. The van der Waals surface area contributed by atoms with Crippen LogP contribution in [0.15, 0.2) is 28.7 Å². The van der Waals surface area contributed by atoms with E-state index in [0.717, 1.165) is 12.6 Å². The molecule has 82 valence electrons. The zero-order valence-electron chi connectivity index (χ0n) is 9.17. The lowest BCUT2D eigenvalue weighted by Crippen LogP contribution is -2.23. The van der Waals surface area contributed by atoms with E-state index in [9.17, 15) is 0 Å². The van der Waals surface area contributed by atoms with E-state index < -0.39 is 0 Å². The Kier molecular flexibility index (Phi) is 3.81. The van der Waals surface area contributed by atoms with Crippen molar-refractivity contribution in [3.63, 3.8) is 0 Å². The Morgan fingerprint density at radius 2 is 2.27 bits per heavy atom. The number of benzene rings is 1. The molecule has 0 aliphatic heterocycles. The fourth-order valence-electron chi connectivity index (χ4n) is 1.85. The molecule has 1 atom stereocenters. The van der Waals surface area contributed by atoms with Crippen molar-refractivity contribution in [1.29, 1.82) is 0 Å². The first kappa shape index (κ1) is 11.2. The van der Waals surface area contributed by atoms with E-state index in [0.29, 0.717) is 5.92 Å². The number of hydrogen-bond donors (Lipinski definition) is 1. The predicted octanol–water partition coefficient (Wildman–Crippen LogP) is 3.69. The summed E-state index contributed by atoms with van der Waals surface area (Å²) in [5, 5.41) is 3.61.